The Morgan fingerprint density at radius 3 is 2.65 bits per heavy atom. The zero-order valence-corrected chi connectivity index (χ0v) is 29.5. The van der Waals surface area contributed by atoms with Gasteiger partial charge in [-0.1, -0.05) is 85.0 Å². The third-order valence-corrected chi connectivity index (χ3v) is 9.95. The molecule has 3 atom stereocenters. The van der Waals surface area contributed by atoms with Crippen molar-refractivity contribution in [2.75, 3.05) is 16.8 Å². The summed E-state index contributed by atoms with van der Waals surface area (Å²) in [5, 5.41) is 46.3. The summed E-state index contributed by atoms with van der Waals surface area (Å²) in [5.41, 5.74) is 2.84. The average Bonchev–Trinajstić information content (AvgIpc) is 3.87. The van der Waals surface area contributed by atoms with E-state index in [4.69, 9.17) is 0 Å². The van der Waals surface area contributed by atoms with Crippen molar-refractivity contribution in [3.05, 3.63) is 160 Å². The van der Waals surface area contributed by atoms with Crippen molar-refractivity contribution < 1.29 is 24.7 Å². The number of nitrogens with one attached hydrogen (secondary N) is 2. The van der Waals surface area contributed by atoms with Gasteiger partial charge in [0.15, 0.2) is 5.60 Å². The number of aromatic amines is 1. The van der Waals surface area contributed by atoms with Gasteiger partial charge in [0.25, 0.3) is 11.6 Å². The van der Waals surface area contributed by atoms with Crippen molar-refractivity contribution in [1.29, 1.82) is 0 Å². The van der Waals surface area contributed by atoms with Crippen LogP contribution in [0.25, 0.3) is 10.9 Å². The third kappa shape index (κ3) is 7.14. The first-order valence-electron chi connectivity index (χ1n) is 17.6. The maximum atomic E-state index is 14.2. The summed E-state index contributed by atoms with van der Waals surface area (Å²) in [6.07, 6.45) is 7.84. The molecule has 1 aliphatic rings. The Morgan fingerprint density at radius 2 is 1.85 bits per heavy atom. The van der Waals surface area contributed by atoms with Crippen molar-refractivity contribution in [1.82, 2.24) is 20.0 Å². The predicted octanol–water partition coefficient (Wildman–Crippen LogP) is 5.99. The largest absolute Gasteiger partial charge is 0.395 e. The van der Waals surface area contributed by atoms with Gasteiger partial charge in [-0.15, -0.1) is 5.10 Å². The Balaban J connectivity index is 1.05. The second-order valence-corrected chi connectivity index (χ2v) is 13.5. The van der Waals surface area contributed by atoms with Crippen molar-refractivity contribution in [2.24, 2.45) is 5.92 Å². The van der Waals surface area contributed by atoms with E-state index in [0.717, 1.165) is 22.0 Å². The minimum atomic E-state index is -2.08. The molecule has 2 aromatic heterocycles. The third-order valence-electron chi connectivity index (χ3n) is 9.95. The highest BCUT2D eigenvalue weighted by Crippen LogP contribution is 2.47. The fourth-order valence-corrected chi connectivity index (χ4v) is 7.08. The molecule has 274 valence electrons. The monoisotopic (exact) mass is 725 g/mol. The summed E-state index contributed by atoms with van der Waals surface area (Å²) < 4.78 is 1.67. The Bertz CT molecular complexity index is 2350. The van der Waals surface area contributed by atoms with Gasteiger partial charge in [0.05, 0.1) is 41.8 Å². The second kappa shape index (κ2) is 15.3. The van der Waals surface area contributed by atoms with Crippen LogP contribution in [-0.4, -0.2) is 53.5 Å². The van der Waals surface area contributed by atoms with Gasteiger partial charge in [0.1, 0.15) is 0 Å². The molecule has 0 saturated carbocycles. The zero-order valence-electron chi connectivity index (χ0n) is 29.5. The van der Waals surface area contributed by atoms with E-state index in [1.165, 1.54) is 23.1 Å². The fourth-order valence-electron chi connectivity index (χ4n) is 7.08. The molecule has 0 spiro atoms. The summed E-state index contributed by atoms with van der Waals surface area (Å²) in [6, 6.07) is 28.5. The maximum absolute atomic E-state index is 14.2. The molecule has 4 N–H and O–H groups in total. The van der Waals surface area contributed by atoms with Crippen LogP contribution < -0.4 is 10.2 Å². The first-order valence-corrected chi connectivity index (χ1v) is 17.6. The molecule has 1 unspecified atom stereocenters. The molecule has 2 amide bonds. The topological polar surface area (TPSA) is 180 Å². The molecule has 0 radical (unpaired) electrons. The van der Waals surface area contributed by atoms with Gasteiger partial charge >= 0.3 is 0 Å². The number of amides is 2. The Kier molecular flexibility index (Phi) is 10.2. The number of non-ortho nitro benzene ring substituents is 1. The van der Waals surface area contributed by atoms with Gasteiger partial charge in [-0.3, -0.25) is 24.4 Å². The molecule has 54 heavy (non-hydrogen) atoms. The lowest BCUT2D eigenvalue weighted by Crippen LogP contribution is -2.44. The normalized spacial score (nSPS) is 16.5. The van der Waals surface area contributed by atoms with Gasteiger partial charge in [-0.25, -0.2) is 0 Å². The molecular weight excluding hydrogens is 686 g/mol. The maximum Gasteiger partial charge on any atom is 0.269 e. The first-order chi connectivity index (χ1) is 26.1. The van der Waals surface area contributed by atoms with Crippen LogP contribution in [0.3, 0.4) is 0 Å². The molecular formula is C41H39N7O6. The van der Waals surface area contributed by atoms with Crippen LogP contribution >= 0.6 is 0 Å². The minimum Gasteiger partial charge on any atom is -0.395 e. The Hall–Kier alpha value is -6.44. The molecule has 0 aliphatic carbocycles. The van der Waals surface area contributed by atoms with E-state index in [1.54, 1.807) is 42.1 Å². The minimum absolute atomic E-state index is 0.0565. The van der Waals surface area contributed by atoms with Crippen molar-refractivity contribution >= 4 is 39.8 Å². The number of hydrogen-bond acceptors (Lipinski definition) is 8. The number of carbonyl (C=O) groups is 2. The summed E-state index contributed by atoms with van der Waals surface area (Å²) >= 11 is 0. The molecule has 3 heterocycles. The van der Waals surface area contributed by atoms with Gasteiger partial charge in [-0.2, -0.15) is 0 Å². The number of hydrogen-bond donors (Lipinski definition) is 4. The predicted molar refractivity (Wildman–Crippen MR) is 204 cm³/mol. The number of rotatable bonds is 14. The Morgan fingerprint density at radius 1 is 1.06 bits per heavy atom. The van der Waals surface area contributed by atoms with Gasteiger partial charge in [-0.05, 0) is 47.4 Å². The number of H-pyrrole nitrogens is 1. The van der Waals surface area contributed by atoms with Gasteiger partial charge in [0.2, 0.25) is 5.91 Å². The lowest BCUT2D eigenvalue weighted by atomic mass is 9.82. The Labute approximate surface area is 310 Å². The van der Waals surface area contributed by atoms with E-state index in [9.17, 15) is 29.9 Å². The van der Waals surface area contributed by atoms with E-state index >= 15 is 0 Å². The lowest BCUT2D eigenvalue weighted by molar-refractivity contribution is -0.385. The number of nitro benzene ring substituents is 1. The molecule has 0 bridgehead atoms. The highest BCUT2D eigenvalue weighted by atomic mass is 16.6. The van der Waals surface area contributed by atoms with Crippen molar-refractivity contribution in [3.8, 4) is 0 Å². The number of benzene rings is 4. The summed E-state index contributed by atoms with van der Waals surface area (Å²) in [6.45, 7) is 2.10. The van der Waals surface area contributed by atoms with Crippen LogP contribution in [0.2, 0.25) is 0 Å². The number of aryl methyl sites for hydroxylation is 1. The van der Waals surface area contributed by atoms with Gasteiger partial charge < -0.3 is 25.4 Å². The van der Waals surface area contributed by atoms with E-state index in [0.29, 0.717) is 35.6 Å². The number of anilines is 2. The van der Waals surface area contributed by atoms with Crippen LogP contribution in [0.4, 0.5) is 17.1 Å². The smallest absolute Gasteiger partial charge is 0.269 e. The molecule has 7 rings (SSSR count). The number of para-hydroxylation sites is 1. The summed E-state index contributed by atoms with van der Waals surface area (Å²) in [5.74, 6) is -1.87. The highest BCUT2D eigenvalue weighted by Gasteiger charge is 2.53. The molecule has 4 aromatic carbocycles. The first kappa shape index (κ1) is 35.9. The quantitative estimate of drug-likeness (QED) is 0.0601. The van der Waals surface area contributed by atoms with Crippen LogP contribution in [0, 0.1) is 16.0 Å². The summed E-state index contributed by atoms with van der Waals surface area (Å²) in [7, 11) is 0. The number of aliphatic hydroxyl groups is 2. The number of allylic oxidation sites excluding steroid dienone is 1. The van der Waals surface area contributed by atoms with Crippen LogP contribution in [0.15, 0.2) is 122 Å². The van der Waals surface area contributed by atoms with E-state index < -0.39 is 22.3 Å². The number of fused-ring (bicyclic) bond motifs is 2. The number of aliphatic hydroxyl groups excluding tert-OH is 1. The van der Waals surface area contributed by atoms with Crippen LogP contribution in [0.1, 0.15) is 47.2 Å². The van der Waals surface area contributed by atoms with E-state index in [2.05, 4.69) is 20.6 Å². The molecule has 1 aliphatic heterocycles. The SMILES string of the molecule is C[C@H](/C=C/CCn1cc(C(CO)c2ccccc2)nn1)[C@@]1(O)C(=O)N(Cc2cccc(NC(=O)Cc3c[nH]c4ccccc34)c2)c2ccc([N+](=O)[O-])cc21. The number of nitrogens with zero attached hydrogens (tertiary/aromatic N) is 5. The van der Waals surface area contributed by atoms with Crippen molar-refractivity contribution in [2.45, 2.75) is 44.4 Å². The van der Waals surface area contributed by atoms with Crippen LogP contribution in [-0.2, 0) is 34.7 Å². The van der Waals surface area contributed by atoms with E-state index in [-0.39, 0.29) is 42.6 Å². The van der Waals surface area contributed by atoms with Crippen LogP contribution in [0.5, 0.6) is 0 Å². The average molecular weight is 726 g/mol. The molecule has 6 aromatic rings. The molecule has 0 fully saturated rings. The zero-order chi connectivity index (χ0) is 37.8. The highest BCUT2D eigenvalue weighted by molar-refractivity contribution is 6.07. The van der Waals surface area contributed by atoms with E-state index in [1.807, 2.05) is 72.9 Å². The molecule has 13 nitrogen and oxygen atoms in total. The van der Waals surface area contributed by atoms with Crippen molar-refractivity contribution in [3.63, 3.8) is 0 Å². The fraction of sp³-hybridized carbons (Fsp3) is 0.220. The second-order valence-electron chi connectivity index (χ2n) is 13.5. The number of carbonyl (C=O) groups excluding carboxylic acids is 2. The molecule has 13 heteroatoms. The lowest BCUT2D eigenvalue weighted by Gasteiger charge is -2.27. The number of aromatic nitrogens is 4. The van der Waals surface area contributed by atoms with Gasteiger partial charge in [0, 0.05) is 59.1 Å². The summed E-state index contributed by atoms with van der Waals surface area (Å²) in [4.78, 5) is 43.0. The molecule has 0 saturated heterocycles. The standard InChI is InChI=1S/C41H39N7O6/c1-27(10-7-8-19-46-25-37(44-45-46)34(26-49)29-12-3-2-4-13-29)41(52)35-22-32(48(53)54)17-18-38(35)47(40(41)51)24-28-11-9-14-31(20-28)43-39(50)21-30-23-42-36-16-6-5-15-33(30)36/h2-7,9-18,20,22-23,25,27,34,42,49,52H,8,19,21,24,26H2,1H3,(H,43,50)/b10-7+/t27-,34?,41+/m1/s1. The number of nitro groups is 1.